The van der Waals surface area contributed by atoms with Crippen LogP contribution in [-0.4, -0.2) is 18.5 Å². The number of hydrogen-bond acceptors (Lipinski definition) is 4. The molecule has 28 heavy (non-hydrogen) atoms. The van der Waals surface area contributed by atoms with Crippen LogP contribution in [-0.2, 0) is 11.4 Å². The van der Waals surface area contributed by atoms with Crippen LogP contribution in [0, 0.1) is 17.2 Å². The second-order valence-corrected chi connectivity index (χ2v) is 7.15. The first-order chi connectivity index (χ1) is 13.6. The van der Waals surface area contributed by atoms with E-state index in [9.17, 15) is 4.79 Å². The second kappa shape index (κ2) is 9.78. The van der Waals surface area contributed by atoms with Crippen molar-refractivity contribution in [2.75, 3.05) is 6.54 Å². The average Bonchev–Trinajstić information content (AvgIpc) is 2.72. The molecule has 4 N–H and O–H groups in total. The molecule has 0 unspecified atom stereocenters. The lowest BCUT2D eigenvalue weighted by Gasteiger charge is -2.27. The lowest BCUT2D eigenvalue weighted by molar-refractivity contribution is -0.140. The molecule has 0 heterocycles. The molecule has 2 aromatic rings. The standard InChI is InChI=1S/C22H27N3O3/c23-22(24)25-14-16-10-12-18(13-11-16)21(26)28-20-9-5-4-8-19(20)27-15-17-6-2-1-3-7-17/h1-9,16,18H,10-15H2,(H4,23,24,25)/t16-,18-. The van der Waals surface area contributed by atoms with Crippen molar-refractivity contribution in [2.24, 2.45) is 17.6 Å². The number of hydrogen-bond donors (Lipinski definition) is 3. The van der Waals surface area contributed by atoms with E-state index in [2.05, 4.69) is 5.32 Å². The Kier molecular flexibility index (Phi) is 6.89. The van der Waals surface area contributed by atoms with Gasteiger partial charge in [-0.15, -0.1) is 0 Å². The van der Waals surface area contributed by atoms with Crippen molar-refractivity contribution in [1.29, 1.82) is 5.41 Å². The molecule has 6 nitrogen and oxygen atoms in total. The summed E-state index contributed by atoms with van der Waals surface area (Å²) in [5.41, 5.74) is 6.39. The van der Waals surface area contributed by atoms with E-state index in [0.29, 0.717) is 30.6 Å². The Labute approximate surface area is 165 Å². The lowest BCUT2D eigenvalue weighted by Crippen LogP contribution is -2.36. The molecule has 1 aliphatic rings. The fraction of sp³-hybridized carbons (Fsp3) is 0.364. The van der Waals surface area contributed by atoms with E-state index in [1.54, 1.807) is 6.07 Å². The first-order valence-electron chi connectivity index (χ1n) is 9.67. The van der Waals surface area contributed by atoms with Crippen molar-refractivity contribution in [1.82, 2.24) is 5.32 Å². The highest BCUT2D eigenvalue weighted by Crippen LogP contribution is 2.32. The zero-order valence-electron chi connectivity index (χ0n) is 15.9. The third-order valence-corrected chi connectivity index (χ3v) is 5.06. The average molecular weight is 381 g/mol. The molecule has 0 spiro atoms. The molecule has 0 aromatic heterocycles. The fourth-order valence-corrected chi connectivity index (χ4v) is 3.44. The van der Waals surface area contributed by atoms with Crippen molar-refractivity contribution in [2.45, 2.75) is 32.3 Å². The molecule has 0 aliphatic heterocycles. The minimum Gasteiger partial charge on any atom is -0.485 e. The van der Waals surface area contributed by atoms with E-state index >= 15 is 0 Å². The maximum atomic E-state index is 12.6. The summed E-state index contributed by atoms with van der Waals surface area (Å²) in [6.07, 6.45) is 3.42. The first kappa shape index (κ1) is 19.7. The van der Waals surface area contributed by atoms with Crippen LogP contribution in [0.4, 0.5) is 0 Å². The normalized spacial score (nSPS) is 18.9. The lowest BCUT2D eigenvalue weighted by atomic mass is 9.82. The van der Waals surface area contributed by atoms with Gasteiger partial charge in [0.1, 0.15) is 6.61 Å². The number of carbonyl (C=O) groups is 1. The molecule has 0 saturated heterocycles. The van der Waals surface area contributed by atoms with Crippen molar-refractivity contribution < 1.29 is 14.3 Å². The Morgan fingerprint density at radius 3 is 2.32 bits per heavy atom. The third kappa shape index (κ3) is 5.74. The molecule has 1 fully saturated rings. The van der Waals surface area contributed by atoms with Crippen LogP contribution in [0.25, 0.3) is 0 Å². The molecule has 0 amide bonds. The maximum absolute atomic E-state index is 12.6. The summed E-state index contributed by atoms with van der Waals surface area (Å²) >= 11 is 0. The molecule has 6 heteroatoms. The van der Waals surface area contributed by atoms with Gasteiger partial charge < -0.3 is 20.5 Å². The molecule has 2 aromatic carbocycles. The van der Waals surface area contributed by atoms with Crippen molar-refractivity contribution >= 4 is 11.9 Å². The van der Waals surface area contributed by atoms with Gasteiger partial charge in [-0.25, -0.2) is 0 Å². The van der Waals surface area contributed by atoms with Gasteiger partial charge in [0.25, 0.3) is 0 Å². The number of rotatable bonds is 7. The van der Waals surface area contributed by atoms with E-state index in [0.717, 1.165) is 31.2 Å². The highest BCUT2D eigenvalue weighted by molar-refractivity contribution is 5.76. The summed E-state index contributed by atoms with van der Waals surface area (Å²) in [5.74, 6) is 1.16. The summed E-state index contributed by atoms with van der Waals surface area (Å²) < 4.78 is 11.5. The van der Waals surface area contributed by atoms with Gasteiger partial charge in [-0.2, -0.15) is 0 Å². The van der Waals surface area contributed by atoms with Gasteiger partial charge in [-0.3, -0.25) is 10.2 Å². The van der Waals surface area contributed by atoms with E-state index in [1.165, 1.54) is 0 Å². The fourth-order valence-electron chi connectivity index (χ4n) is 3.44. The van der Waals surface area contributed by atoms with Crippen molar-refractivity contribution in [3.05, 3.63) is 60.2 Å². The molecule has 0 atom stereocenters. The summed E-state index contributed by atoms with van der Waals surface area (Å²) in [5, 5.41) is 10.1. The number of nitrogens with one attached hydrogen (secondary N) is 2. The van der Waals surface area contributed by atoms with Gasteiger partial charge in [-0.05, 0) is 49.3 Å². The van der Waals surface area contributed by atoms with Gasteiger partial charge in [0.05, 0.1) is 5.92 Å². The molecular weight excluding hydrogens is 354 g/mol. The Hall–Kier alpha value is -3.02. The Bertz CT molecular complexity index is 787. The van der Waals surface area contributed by atoms with Gasteiger partial charge >= 0.3 is 5.97 Å². The number of ether oxygens (including phenoxy) is 2. The van der Waals surface area contributed by atoms with Crippen LogP contribution >= 0.6 is 0 Å². The molecular formula is C22H27N3O3. The molecule has 1 saturated carbocycles. The molecule has 1 aliphatic carbocycles. The molecule has 3 rings (SSSR count). The van der Waals surface area contributed by atoms with Crippen LogP contribution < -0.4 is 20.5 Å². The highest BCUT2D eigenvalue weighted by atomic mass is 16.6. The van der Waals surface area contributed by atoms with Gasteiger partial charge in [-0.1, -0.05) is 42.5 Å². The van der Waals surface area contributed by atoms with Crippen molar-refractivity contribution in [3.63, 3.8) is 0 Å². The van der Waals surface area contributed by atoms with E-state index in [-0.39, 0.29) is 17.8 Å². The monoisotopic (exact) mass is 381 g/mol. The number of para-hydroxylation sites is 2. The topological polar surface area (TPSA) is 97.4 Å². The second-order valence-electron chi connectivity index (χ2n) is 7.15. The summed E-state index contributed by atoms with van der Waals surface area (Å²) in [6, 6.07) is 17.2. The summed E-state index contributed by atoms with van der Waals surface area (Å²) in [4.78, 5) is 12.6. The highest BCUT2D eigenvalue weighted by Gasteiger charge is 2.28. The number of carbonyl (C=O) groups excluding carboxylic acids is 1. The minimum absolute atomic E-state index is 0.00589. The molecule has 148 valence electrons. The van der Waals surface area contributed by atoms with Crippen LogP contribution in [0.3, 0.4) is 0 Å². The van der Waals surface area contributed by atoms with E-state index in [4.69, 9.17) is 20.6 Å². The maximum Gasteiger partial charge on any atom is 0.314 e. The molecule has 0 radical (unpaired) electrons. The Morgan fingerprint density at radius 1 is 1.00 bits per heavy atom. The molecule has 0 bridgehead atoms. The SMILES string of the molecule is N=C(N)NC[C@H]1CC[C@H](C(=O)Oc2ccccc2OCc2ccccc2)CC1. The van der Waals surface area contributed by atoms with Gasteiger partial charge in [0, 0.05) is 6.54 Å². The first-order valence-corrected chi connectivity index (χ1v) is 9.67. The number of esters is 1. The zero-order valence-corrected chi connectivity index (χ0v) is 15.9. The van der Waals surface area contributed by atoms with Crippen LogP contribution in [0.1, 0.15) is 31.2 Å². The van der Waals surface area contributed by atoms with Crippen LogP contribution in [0.5, 0.6) is 11.5 Å². The summed E-state index contributed by atoms with van der Waals surface area (Å²) in [6.45, 7) is 1.11. The smallest absolute Gasteiger partial charge is 0.314 e. The van der Waals surface area contributed by atoms with Gasteiger partial charge in [0.2, 0.25) is 0 Å². The third-order valence-electron chi connectivity index (χ3n) is 5.06. The van der Waals surface area contributed by atoms with Crippen molar-refractivity contribution in [3.8, 4) is 11.5 Å². The Morgan fingerprint density at radius 2 is 1.64 bits per heavy atom. The van der Waals surface area contributed by atoms with Gasteiger partial charge in [0.15, 0.2) is 17.5 Å². The van der Waals surface area contributed by atoms with E-state index in [1.807, 2.05) is 48.5 Å². The van der Waals surface area contributed by atoms with E-state index < -0.39 is 0 Å². The predicted molar refractivity (Wildman–Crippen MR) is 108 cm³/mol. The Balaban J connectivity index is 1.52. The predicted octanol–water partition coefficient (Wildman–Crippen LogP) is 3.46. The summed E-state index contributed by atoms with van der Waals surface area (Å²) in [7, 11) is 0. The number of nitrogens with two attached hydrogens (primary N) is 1. The van der Waals surface area contributed by atoms with Crippen LogP contribution in [0.2, 0.25) is 0 Å². The minimum atomic E-state index is -0.200. The number of guanidine groups is 1. The largest absolute Gasteiger partial charge is 0.485 e. The quantitative estimate of drug-likeness (QED) is 0.295. The van der Waals surface area contributed by atoms with Crippen LogP contribution in [0.15, 0.2) is 54.6 Å². The zero-order chi connectivity index (χ0) is 19.8. The number of benzene rings is 2.